The zero-order chi connectivity index (χ0) is 16.7. The van der Waals surface area contributed by atoms with Crippen molar-refractivity contribution in [1.82, 2.24) is 19.5 Å². The Bertz CT molecular complexity index is 908. The molecule has 9 heteroatoms. The lowest BCUT2D eigenvalue weighted by Crippen LogP contribution is -2.07. The number of phenolic OH excluding ortho intramolecular Hbond substituents is 2. The first kappa shape index (κ1) is 15.0. The van der Waals surface area contributed by atoms with Gasteiger partial charge < -0.3 is 20.3 Å². The summed E-state index contributed by atoms with van der Waals surface area (Å²) in [6, 6.07) is 4.63. The number of ether oxygens (including phenoxy) is 1. The van der Waals surface area contributed by atoms with Crippen molar-refractivity contribution in [3.05, 3.63) is 24.5 Å². The predicted octanol–water partition coefficient (Wildman–Crippen LogP) is 2.58. The summed E-state index contributed by atoms with van der Waals surface area (Å²) in [7, 11) is 0. The maximum Gasteiger partial charge on any atom is 0.188 e. The van der Waals surface area contributed by atoms with Crippen LogP contribution in [0.2, 0.25) is 0 Å². The van der Waals surface area contributed by atoms with Crippen molar-refractivity contribution in [1.29, 1.82) is 0 Å². The monoisotopic (exact) mass is 345 g/mol. The number of fused-ring (bicyclic) bond motifs is 1. The SMILES string of the molecule is Oc1cccc(Nc2nc(S)nc3c2ncn3C2CCCO2)c1O. The summed E-state index contributed by atoms with van der Waals surface area (Å²) >= 11 is 4.25. The Morgan fingerprint density at radius 2 is 2.17 bits per heavy atom. The van der Waals surface area contributed by atoms with Gasteiger partial charge in [0, 0.05) is 6.61 Å². The zero-order valence-corrected chi connectivity index (χ0v) is 13.4. The maximum atomic E-state index is 9.96. The minimum absolute atomic E-state index is 0.0975. The first-order valence-electron chi connectivity index (χ1n) is 7.46. The molecule has 0 spiro atoms. The van der Waals surface area contributed by atoms with E-state index in [0.717, 1.165) is 12.8 Å². The molecule has 1 aliphatic heterocycles. The molecule has 4 rings (SSSR count). The van der Waals surface area contributed by atoms with Crippen LogP contribution in [0.25, 0.3) is 11.2 Å². The van der Waals surface area contributed by atoms with E-state index in [9.17, 15) is 10.2 Å². The van der Waals surface area contributed by atoms with Crippen LogP contribution in [0.4, 0.5) is 11.5 Å². The highest BCUT2D eigenvalue weighted by atomic mass is 32.1. The molecule has 0 aliphatic carbocycles. The summed E-state index contributed by atoms with van der Waals surface area (Å²) in [5, 5.41) is 22.8. The van der Waals surface area contributed by atoms with E-state index >= 15 is 0 Å². The molecule has 3 heterocycles. The van der Waals surface area contributed by atoms with Gasteiger partial charge >= 0.3 is 0 Å². The standard InChI is InChI=1S/C15H15N5O3S/c21-9-4-1-3-8(12(9)22)17-13-11-14(19-15(24)18-13)20(7-16-11)10-5-2-6-23-10/h1,3-4,7,10,21-22H,2,5-6H2,(H2,17,18,19,24). The Labute approximate surface area is 142 Å². The lowest BCUT2D eigenvalue weighted by atomic mass is 10.2. The number of rotatable bonds is 3. The van der Waals surface area contributed by atoms with Crippen LogP contribution in [0.5, 0.6) is 11.5 Å². The minimum Gasteiger partial charge on any atom is -0.504 e. The number of nitrogens with one attached hydrogen (secondary N) is 1. The second-order valence-corrected chi connectivity index (χ2v) is 5.86. The van der Waals surface area contributed by atoms with Gasteiger partial charge in [0.25, 0.3) is 0 Å². The smallest absolute Gasteiger partial charge is 0.188 e. The van der Waals surface area contributed by atoms with Crippen LogP contribution in [-0.2, 0) is 4.74 Å². The second-order valence-electron chi connectivity index (χ2n) is 5.46. The molecule has 1 saturated heterocycles. The number of benzene rings is 1. The van der Waals surface area contributed by atoms with E-state index in [4.69, 9.17) is 4.74 Å². The van der Waals surface area contributed by atoms with E-state index in [2.05, 4.69) is 32.9 Å². The second kappa shape index (κ2) is 5.84. The largest absolute Gasteiger partial charge is 0.504 e. The Hall–Kier alpha value is -2.52. The molecule has 2 aromatic heterocycles. The predicted molar refractivity (Wildman–Crippen MR) is 89.9 cm³/mol. The Morgan fingerprint density at radius 1 is 1.29 bits per heavy atom. The Balaban J connectivity index is 1.79. The van der Waals surface area contributed by atoms with Gasteiger partial charge in [-0.1, -0.05) is 6.07 Å². The molecule has 0 saturated carbocycles. The summed E-state index contributed by atoms with van der Waals surface area (Å²) in [6.45, 7) is 0.714. The number of nitrogens with zero attached hydrogens (tertiary/aromatic N) is 4. The first-order valence-corrected chi connectivity index (χ1v) is 7.91. The average Bonchev–Trinajstić information content (AvgIpc) is 3.20. The summed E-state index contributed by atoms with van der Waals surface area (Å²) in [4.78, 5) is 13.0. The van der Waals surface area contributed by atoms with Crippen LogP contribution < -0.4 is 5.32 Å². The van der Waals surface area contributed by atoms with E-state index in [-0.39, 0.29) is 22.9 Å². The molecule has 1 aliphatic rings. The molecular formula is C15H15N5O3S. The van der Waals surface area contributed by atoms with Crippen molar-refractivity contribution < 1.29 is 14.9 Å². The Morgan fingerprint density at radius 3 is 2.96 bits per heavy atom. The number of hydrogen-bond donors (Lipinski definition) is 4. The molecule has 24 heavy (non-hydrogen) atoms. The number of aromatic nitrogens is 4. The van der Waals surface area contributed by atoms with Gasteiger partial charge in [-0.05, 0) is 25.0 Å². The van der Waals surface area contributed by atoms with E-state index < -0.39 is 0 Å². The van der Waals surface area contributed by atoms with Crippen molar-refractivity contribution in [2.24, 2.45) is 0 Å². The average molecular weight is 345 g/mol. The van der Waals surface area contributed by atoms with Crippen LogP contribution in [-0.4, -0.2) is 36.3 Å². The lowest BCUT2D eigenvalue weighted by molar-refractivity contribution is 0.0592. The van der Waals surface area contributed by atoms with Crippen molar-refractivity contribution in [2.75, 3.05) is 11.9 Å². The topological polar surface area (TPSA) is 105 Å². The third kappa shape index (κ3) is 2.51. The molecule has 0 radical (unpaired) electrons. The molecule has 1 unspecified atom stereocenters. The van der Waals surface area contributed by atoms with Crippen molar-refractivity contribution >= 4 is 35.3 Å². The molecule has 1 aromatic carbocycles. The first-order chi connectivity index (χ1) is 11.6. The molecular weight excluding hydrogens is 330 g/mol. The summed E-state index contributed by atoms with van der Waals surface area (Å²) in [6.07, 6.45) is 3.45. The number of imidazole rings is 1. The van der Waals surface area contributed by atoms with Gasteiger partial charge in [-0.3, -0.25) is 4.57 Å². The van der Waals surface area contributed by atoms with Gasteiger partial charge in [0.15, 0.2) is 33.6 Å². The summed E-state index contributed by atoms with van der Waals surface area (Å²) in [5.74, 6) is -0.0903. The van der Waals surface area contributed by atoms with Gasteiger partial charge in [-0.2, -0.15) is 0 Å². The fraction of sp³-hybridized carbons (Fsp3) is 0.267. The van der Waals surface area contributed by atoms with Crippen molar-refractivity contribution in [2.45, 2.75) is 24.2 Å². The summed E-state index contributed by atoms with van der Waals surface area (Å²) < 4.78 is 7.54. The number of para-hydroxylation sites is 1. The zero-order valence-electron chi connectivity index (χ0n) is 12.5. The Kier molecular flexibility index (Phi) is 3.66. The highest BCUT2D eigenvalue weighted by Crippen LogP contribution is 2.36. The number of phenols is 2. The van der Waals surface area contributed by atoms with E-state index in [0.29, 0.717) is 29.3 Å². The van der Waals surface area contributed by atoms with E-state index in [1.54, 1.807) is 18.5 Å². The lowest BCUT2D eigenvalue weighted by Gasteiger charge is -2.12. The molecule has 0 amide bonds. The van der Waals surface area contributed by atoms with Gasteiger partial charge in [-0.25, -0.2) is 15.0 Å². The maximum absolute atomic E-state index is 9.96. The van der Waals surface area contributed by atoms with Gasteiger partial charge in [0.2, 0.25) is 0 Å². The summed E-state index contributed by atoms with van der Waals surface area (Å²) in [5.41, 5.74) is 1.45. The fourth-order valence-electron chi connectivity index (χ4n) is 2.74. The number of thiol groups is 1. The van der Waals surface area contributed by atoms with Crippen molar-refractivity contribution in [3.8, 4) is 11.5 Å². The quantitative estimate of drug-likeness (QED) is 0.328. The molecule has 3 aromatic rings. The van der Waals surface area contributed by atoms with Crippen LogP contribution in [0.15, 0.2) is 29.7 Å². The van der Waals surface area contributed by atoms with Crippen molar-refractivity contribution in [3.63, 3.8) is 0 Å². The number of hydrogen-bond acceptors (Lipinski definition) is 8. The molecule has 3 N–H and O–H groups in total. The highest BCUT2D eigenvalue weighted by molar-refractivity contribution is 7.80. The van der Waals surface area contributed by atoms with Gasteiger partial charge in [0.05, 0.1) is 12.0 Å². The van der Waals surface area contributed by atoms with Crippen LogP contribution in [0.1, 0.15) is 19.1 Å². The van der Waals surface area contributed by atoms with Crippen LogP contribution in [0.3, 0.4) is 0 Å². The van der Waals surface area contributed by atoms with Crippen LogP contribution >= 0.6 is 12.6 Å². The minimum atomic E-state index is -0.261. The highest BCUT2D eigenvalue weighted by Gasteiger charge is 2.22. The number of anilines is 2. The third-order valence-electron chi connectivity index (χ3n) is 3.89. The van der Waals surface area contributed by atoms with Gasteiger partial charge in [-0.15, -0.1) is 12.6 Å². The van der Waals surface area contributed by atoms with Crippen LogP contribution in [0, 0.1) is 0 Å². The molecule has 0 bridgehead atoms. The number of aromatic hydroxyl groups is 2. The molecule has 1 fully saturated rings. The van der Waals surface area contributed by atoms with E-state index in [1.165, 1.54) is 6.07 Å². The van der Waals surface area contributed by atoms with E-state index in [1.807, 2.05) is 4.57 Å². The van der Waals surface area contributed by atoms with Gasteiger partial charge in [0.1, 0.15) is 6.23 Å². The normalized spacial score (nSPS) is 17.5. The molecule has 124 valence electrons. The third-order valence-corrected chi connectivity index (χ3v) is 4.09. The fourth-order valence-corrected chi connectivity index (χ4v) is 2.94. The molecule has 1 atom stereocenters. The molecule has 8 nitrogen and oxygen atoms in total.